The summed E-state index contributed by atoms with van der Waals surface area (Å²) in [5, 5.41) is 0. The van der Waals surface area contributed by atoms with E-state index in [0.29, 0.717) is 11.6 Å². The highest BCUT2D eigenvalue weighted by Gasteiger charge is 2.23. The van der Waals surface area contributed by atoms with Crippen LogP contribution in [-0.4, -0.2) is 53.9 Å². The van der Waals surface area contributed by atoms with E-state index in [4.69, 9.17) is 0 Å². The first-order valence-corrected chi connectivity index (χ1v) is 9.25. The Morgan fingerprint density at radius 3 is 2.85 bits per heavy atom. The lowest BCUT2D eigenvalue weighted by Crippen LogP contribution is -2.42. The number of benzene rings is 1. The number of carbonyl (C=O) groups excluding carboxylic acids is 1. The molecule has 1 atom stereocenters. The molecule has 5 heteroatoms. The summed E-state index contributed by atoms with van der Waals surface area (Å²) in [6.45, 7) is 3.58. The van der Waals surface area contributed by atoms with E-state index in [1.54, 1.807) is 23.2 Å². The molecular weight excluding hydrogens is 329 g/mol. The summed E-state index contributed by atoms with van der Waals surface area (Å²) in [4.78, 5) is 20.8. The smallest absolute Gasteiger partial charge is 0.272 e. The Hall–Kier alpha value is -2.27. The topological polar surface area (TPSA) is 36.4 Å². The Morgan fingerprint density at radius 2 is 2.08 bits per heavy atom. The van der Waals surface area contributed by atoms with Crippen molar-refractivity contribution in [2.24, 2.45) is 5.92 Å². The number of likely N-dealkylation sites (tertiary alicyclic amines) is 1. The van der Waals surface area contributed by atoms with Crippen molar-refractivity contribution in [1.29, 1.82) is 0 Å². The van der Waals surface area contributed by atoms with Gasteiger partial charge in [0.05, 0.1) is 0 Å². The van der Waals surface area contributed by atoms with Gasteiger partial charge < -0.3 is 9.80 Å². The summed E-state index contributed by atoms with van der Waals surface area (Å²) in [6, 6.07) is 12.4. The molecular formula is C21H26FN3O. The average Bonchev–Trinajstić information content (AvgIpc) is 2.68. The summed E-state index contributed by atoms with van der Waals surface area (Å²) in [5.41, 5.74) is 1.26. The number of hydrogen-bond donors (Lipinski definition) is 0. The molecule has 1 unspecified atom stereocenters. The zero-order valence-electron chi connectivity index (χ0n) is 15.3. The minimum atomic E-state index is -0.123. The number of rotatable bonds is 6. The van der Waals surface area contributed by atoms with Gasteiger partial charge in [-0.05, 0) is 55.5 Å². The molecule has 0 aliphatic carbocycles. The summed E-state index contributed by atoms with van der Waals surface area (Å²) >= 11 is 0. The molecule has 0 radical (unpaired) electrons. The van der Waals surface area contributed by atoms with Crippen LogP contribution in [0.2, 0.25) is 0 Å². The molecule has 138 valence electrons. The Kier molecular flexibility index (Phi) is 6.34. The summed E-state index contributed by atoms with van der Waals surface area (Å²) in [7, 11) is 1.84. The van der Waals surface area contributed by atoms with Crippen LogP contribution in [0, 0.1) is 11.7 Å². The fourth-order valence-electron chi connectivity index (χ4n) is 3.64. The van der Waals surface area contributed by atoms with E-state index in [2.05, 4.69) is 9.88 Å². The van der Waals surface area contributed by atoms with Gasteiger partial charge in [0, 0.05) is 32.9 Å². The number of nitrogens with zero attached hydrogens (tertiary/aromatic N) is 3. The highest BCUT2D eigenvalue weighted by molar-refractivity contribution is 5.92. The van der Waals surface area contributed by atoms with Crippen LogP contribution >= 0.6 is 0 Å². The maximum atomic E-state index is 13.8. The number of amides is 1. The van der Waals surface area contributed by atoms with E-state index in [9.17, 15) is 9.18 Å². The number of hydrogen-bond acceptors (Lipinski definition) is 3. The molecule has 2 heterocycles. The molecule has 0 bridgehead atoms. The van der Waals surface area contributed by atoms with Gasteiger partial charge in [0.15, 0.2) is 0 Å². The molecule has 0 N–H and O–H groups in total. The van der Waals surface area contributed by atoms with Crippen molar-refractivity contribution in [3.63, 3.8) is 0 Å². The molecule has 26 heavy (non-hydrogen) atoms. The van der Waals surface area contributed by atoms with E-state index in [1.165, 1.54) is 6.07 Å². The standard InChI is InChI=1S/C21H26FN3O/c1-24(21(26)20-10-4-5-12-23-20)15-17-7-6-13-25(16-17)14-11-18-8-2-3-9-19(18)22/h2-5,8-10,12,17H,6-7,11,13-16H2,1H3. The lowest BCUT2D eigenvalue weighted by molar-refractivity contribution is 0.0724. The van der Waals surface area contributed by atoms with Crippen LogP contribution < -0.4 is 0 Å². The molecule has 3 rings (SSSR count). The van der Waals surface area contributed by atoms with Gasteiger partial charge in [0.25, 0.3) is 5.91 Å². The largest absolute Gasteiger partial charge is 0.340 e. The van der Waals surface area contributed by atoms with E-state index in [0.717, 1.165) is 51.0 Å². The van der Waals surface area contributed by atoms with Crippen LogP contribution in [0.15, 0.2) is 48.7 Å². The zero-order valence-corrected chi connectivity index (χ0v) is 15.3. The fraction of sp³-hybridized carbons (Fsp3) is 0.429. The third kappa shape index (κ3) is 4.88. The van der Waals surface area contributed by atoms with Gasteiger partial charge in [-0.15, -0.1) is 0 Å². The maximum Gasteiger partial charge on any atom is 0.272 e. The first-order valence-electron chi connectivity index (χ1n) is 9.25. The molecule has 1 fully saturated rings. The van der Waals surface area contributed by atoms with Crippen molar-refractivity contribution >= 4 is 5.91 Å². The Morgan fingerprint density at radius 1 is 1.27 bits per heavy atom. The van der Waals surface area contributed by atoms with Gasteiger partial charge in [0.1, 0.15) is 11.5 Å². The number of halogens is 1. The second-order valence-corrected chi connectivity index (χ2v) is 7.05. The van der Waals surface area contributed by atoms with Gasteiger partial charge in [-0.25, -0.2) is 4.39 Å². The Balaban J connectivity index is 1.50. The maximum absolute atomic E-state index is 13.8. The average molecular weight is 355 g/mol. The van der Waals surface area contributed by atoms with Crippen LogP contribution in [0.5, 0.6) is 0 Å². The molecule has 1 saturated heterocycles. The predicted molar refractivity (Wildman–Crippen MR) is 100 cm³/mol. The lowest BCUT2D eigenvalue weighted by atomic mass is 9.97. The summed E-state index contributed by atoms with van der Waals surface area (Å²) in [6.07, 6.45) is 4.61. The van der Waals surface area contributed by atoms with Crippen molar-refractivity contribution in [3.05, 3.63) is 65.7 Å². The van der Waals surface area contributed by atoms with Crippen molar-refractivity contribution in [1.82, 2.24) is 14.8 Å². The van der Waals surface area contributed by atoms with Gasteiger partial charge in [-0.2, -0.15) is 0 Å². The molecule has 2 aromatic rings. The second-order valence-electron chi connectivity index (χ2n) is 7.05. The van der Waals surface area contributed by atoms with Gasteiger partial charge in [-0.1, -0.05) is 24.3 Å². The number of aromatic nitrogens is 1. The van der Waals surface area contributed by atoms with Gasteiger partial charge in [0.2, 0.25) is 0 Å². The number of piperidine rings is 1. The van der Waals surface area contributed by atoms with E-state index >= 15 is 0 Å². The van der Waals surface area contributed by atoms with Crippen LogP contribution in [0.3, 0.4) is 0 Å². The second kappa shape index (κ2) is 8.90. The first-order chi connectivity index (χ1) is 12.6. The molecule has 4 nitrogen and oxygen atoms in total. The van der Waals surface area contributed by atoms with E-state index in [1.807, 2.05) is 31.3 Å². The number of carbonyl (C=O) groups is 1. The van der Waals surface area contributed by atoms with Crippen molar-refractivity contribution in [3.8, 4) is 0 Å². The SMILES string of the molecule is CN(CC1CCCN(CCc2ccccc2F)C1)C(=O)c1ccccn1. The molecule has 1 aromatic heterocycles. The third-order valence-electron chi connectivity index (χ3n) is 5.02. The highest BCUT2D eigenvalue weighted by atomic mass is 19.1. The molecule has 1 amide bonds. The lowest BCUT2D eigenvalue weighted by Gasteiger charge is -2.34. The van der Waals surface area contributed by atoms with Crippen LogP contribution in [-0.2, 0) is 6.42 Å². The van der Waals surface area contributed by atoms with Crippen LogP contribution in [0.4, 0.5) is 4.39 Å². The van der Waals surface area contributed by atoms with E-state index in [-0.39, 0.29) is 11.7 Å². The molecule has 1 aliphatic heterocycles. The Bertz CT molecular complexity index is 722. The molecule has 1 aromatic carbocycles. The monoisotopic (exact) mass is 355 g/mol. The van der Waals surface area contributed by atoms with Crippen molar-refractivity contribution in [2.45, 2.75) is 19.3 Å². The number of pyridine rings is 1. The highest BCUT2D eigenvalue weighted by Crippen LogP contribution is 2.19. The first kappa shape index (κ1) is 18.5. The van der Waals surface area contributed by atoms with Crippen LogP contribution in [0.25, 0.3) is 0 Å². The molecule has 1 aliphatic rings. The summed E-state index contributed by atoms with van der Waals surface area (Å²) < 4.78 is 13.8. The zero-order chi connectivity index (χ0) is 18.4. The normalized spacial score (nSPS) is 17.8. The predicted octanol–water partition coefficient (Wildman–Crippen LogP) is 3.25. The Labute approximate surface area is 154 Å². The van der Waals surface area contributed by atoms with Crippen molar-refractivity contribution in [2.75, 3.05) is 33.2 Å². The summed E-state index contributed by atoms with van der Waals surface area (Å²) in [5.74, 6) is 0.290. The van der Waals surface area contributed by atoms with Gasteiger partial charge >= 0.3 is 0 Å². The van der Waals surface area contributed by atoms with E-state index < -0.39 is 0 Å². The fourth-order valence-corrected chi connectivity index (χ4v) is 3.64. The molecule has 0 saturated carbocycles. The minimum absolute atomic E-state index is 0.0333. The quantitative estimate of drug-likeness (QED) is 0.798. The van der Waals surface area contributed by atoms with Gasteiger partial charge in [-0.3, -0.25) is 9.78 Å². The third-order valence-corrected chi connectivity index (χ3v) is 5.02. The minimum Gasteiger partial charge on any atom is -0.340 e. The van der Waals surface area contributed by atoms with Crippen molar-refractivity contribution < 1.29 is 9.18 Å². The van der Waals surface area contributed by atoms with Crippen LogP contribution in [0.1, 0.15) is 28.9 Å². The molecule has 0 spiro atoms.